The Bertz CT molecular complexity index is 930. The molecule has 0 aliphatic carbocycles. The summed E-state index contributed by atoms with van der Waals surface area (Å²) in [5.74, 6) is 0.728. The van der Waals surface area contributed by atoms with Gasteiger partial charge in [-0.05, 0) is 49.9 Å². The highest BCUT2D eigenvalue weighted by atomic mass is 35.5. The Morgan fingerprint density at radius 1 is 1.35 bits per heavy atom. The first-order chi connectivity index (χ1) is 14.9. The lowest BCUT2D eigenvalue weighted by Gasteiger charge is -2.38. The van der Waals surface area contributed by atoms with Crippen molar-refractivity contribution in [3.8, 4) is 0 Å². The van der Waals surface area contributed by atoms with Gasteiger partial charge < -0.3 is 24.5 Å². The van der Waals surface area contributed by atoms with Gasteiger partial charge in [0.25, 0.3) is 0 Å². The van der Waals surface area contributed by atoms with Crippen LogP contribution in [0.25, 0.3) is 0 Å². The van der Waals surface area contributed by atoms with Gasteiger partial charge in [0.2, 0.25) is 5.89 Å². The predicted molar refractivity (Wildman–Crippen MR) is 116 cm³/mol. The molecular weight excluding hydrogens is 422 g/mol. The zero-order chi connectivity index (χ0) is 22.0. The lowest BCUT2D eigenvalue weighted by molar-refractivity contribution is 0.0710. The van der Waals surface area contributed by atoms with Crippen LogP contribution in [0.3, 0.4) is 0 Å². The van der Waals surface area contributed by atoms with Crippen LogP contribution >= 0.6 is 11.6 Å². The second-order valence-corrected chi connectivity index (χ2v) is 8.72. The van der Waals surface area contributed by atoms with Gasteiger partial charge in [-0.1, -0.05) is 16.7 Å². The third kappa shape index (κ3) is 5.11. The normalized spacial score (nSPS) is 22.5. The average molecular weight is 450 g/mol. The molecule has 2 aromatic rings. The van der Waals surface area contributed by atoms with Gasteiger partial charge in [0.1, 0.15) is 0 Å². The van der Waals surface area contributed by atoms with Gasteiger partial charge in [0.15, 0.2) is 0 Å². The highest BCUT2D eigenvalue weighted by Crippen LogP contribution is 2.30. The number of ether oxygens (including phenoxy) is 1. The molecule has 0 spiro atoms. The lowest BCUT2D eigenvalue weighted by Crippen LogP contribution is -2.53. The van der Waals surface area contributed by atoms with Crippen molar-refractivity contribution in [3.05, 3.63) is 34.2 Å². The third-order valence-corrected chi connectivity index (χ3v) is 6.24. The Balaban J connectivity index is 1.45. The van der Waals surface area contributed by atoms with E-state index in [1.54, 1.807) is 0 Å². The van der Waals surface area contributed by atoms with Gasteiger partial charge in [0, 0.05) is 49.5 Å². The van der Waals surface area contributed by atoms with Crippen molar-refractivity contribution in [1.82, 2.24) is 20.0 Å². The molecule has 2 aliphatic rings. The van der Waals surface area contributed by atoms with E-state index >= 15 is 0 Å². The summed E-state index contributed by atoms with van der Waals surface area (Å²) in [5, 5.41) is 21.4. The summed E-state index contributed by atoms with van der Waals surface area (Å²) >= 11 is 6.40. The summed E-state index contributed by atoms with van der Waals surface area (Å²) < 4.78 is 11.3. The first-order valence-electron chi connectivity index (χ1n) is 10.6. The monoisotopic (exact) mass is 449 g/mol. The molecule has 2 aliphatic heterocycles. The molecule has 2 N–H and O–H groups in total. The molecule has 3 heterocycles. The molecule has 31 heavy (non-hydrogen) atoms. The van der Waals surface area contributed by atoms with E-state index in [2.05, 4.69) is 20.4 Å². The SMILES string of the molecule is Cc1c(CN2CCN(C(=O)O)[C@@H](C)C2)cc(Cl)cc1Nc1nnc(C2CCCOC2)o1. The number of piperazine rings is 1. The highest BCUT2D eigenvalue weighted by molar-refractivity contribution is 6.31. The second-order valence-electron chi connectivity index (χ2n) is 8.28. The number of carboxylic acid groups (broad SMARTS) is 1. The Morgan fingerprint density at radius 3 is 2.90 bits per heavy atom. The minimum absolute atomic E-state index is 0.0519. The summed E-state index contributed by atoms with van der Waals surface area (Å²) in [6, 6.07) is 4.08. The number of anilines is 2. The average Bonchev–Trinajstić information content (AvgIpc) is 3.20. The number of hydrogen-bond donors (Lipinski definition) is 2. The number of benzene rings is 1. The van der Waals surface area contributed by atoms with Gasteiger partial charge in [-0.3, -0.25) is 4.90 Å². The standard InChI is InChI=1S/C21H28ClN5O4/c1-13-10-26(5-6-27(13)21(28)29)11-16-8-17(22)9-18(14(16)2)23-20-25-24-19(31-20)15-4-3-7-30-12-15/h8-9,13,15H,3-7,10-12H2,1-2H3,(H,23,25)(H,28,29)/t13-,15?/m0/s1. The van der Waals surface area contributed by atoms with Crippen LogP contribution in [0.2, 0.25) is 5.02 Å². The van der Waals surface area contributed by atoms with Crippen molar-refractivity contribution >= 4 is 29.4 Å². The molecule has 0 saturated carbocycles. The van der Waals surface area contributed by atoms with E-state index in [1.165, 1.54) is 4.90 Å². The van der Waals surface area contributed by atoms with Crippen LogP contribution in [0, 0.1) is 6.92 Å². The number of amides is 1. The zero-order valence-electron chi connectivity index (χ0n) is 17.8. The van der Waals surface area contributed by atoms with Crippen LogP contribution in [0.1, 0.15) is 42.7 Å². The van der Waals surface area contributed by atoms with E-state index in [0.717, 1.165) is 36.3 Å². The molecule has 2 saturated heterocycles. The third-order valence-electron chi connectivity index (χ3n) is 6.02. The number of halogens is 1. The summed E-state index contributed by atoms with van der Waals surface area (Å²) in [5.41, 5.74) is 2.93. The number of aromatic nitrogens is 2. The van der Waals surface area contributed by atoms with Gasteiger partial charge in [-0.15, -0.1) is 5.10 Å². The second kappa shape index (κ2) is 9.42. The Hall–Kier alpha value is -2.36. The van der Waals surface area contributed by atoms with Crippen LogP contribution < -0.4 is 5.32 Å². The first kappa shape index (κ1) is 21.9. The number of nitrogens with one attached hydrogen (secondary N) is 1. The van der Waals surface area contributed by atoms with Crippen molar-refractivity contribution in [1.29, 1.82) is 0 Å². The Morgan fingerprint density at radius 2 is 2.19 bits per heavy atom. The fourth-order valence-corrected chi connectivity index (χ4v) is 4.47. The zero-order valence-corrected chi connectivity index (χ0v) is 18.6. The molecule has 9 nitrogen and oxygen atoms in total. The number of carbonyl (C=O) groups is 1. The van der Waals surface area contributed by atoms with E-state index in [9.17, 15) is 9.90 Å². The topological polar surface area (TPSA) is 104 Å². The lowest BCUT2D eigenvalue weighted by atomic mass is 10.0. The van der Waals surface area contributed by atoms with Crippen molar-refractivity contribution in [3.63, 3.8) is 0 Å². The molecular formula is C21H28ClN5O4. The number of rotatable bonds is 5. The van der Waals surface area contributed by atoms with Gasteiger partial charge in [-0.2, -0.15) is 0 Å². The molecule has 10 heteroatoms. The van der Waals surface area contributed by atoms with Crippen LogP contribution in [-0.4, -0.2) is 70.1 Å². The van der Waals surface area contributed by atoms with E-state index < -0.39 is 6.09 Å². The molecule has 1 unspecified atom stereocenters. The summed E-state index contributed by atoms with van der Waals surface area (Å²) in [7, 11) is 0. The summed E-state index contributed by atoms with van der Waals surface area (Å²) in [6.45, 7) is 7.89. The maximum Gasteiger partial charge on any atom is 0.407 e. The minimum atomic E-state index is -0.865. The molecule has 168 valence electrons. The largest absolute Gasteiger partial charge is 0.465 e. The predicted octanol–water partition coefficient (Wildman–Crippen LogP) is 3.85. The molecule has 1 aromatic carbocycles. The molecule has 4 rings (SSSR count). The molecule has 0 bridgehead atoms. The van der Waals surface area contributed by atoms with Crippen molar-refractivity contribution in [2.75, 3.05) is 38.2 Å². The maximum atomic E-state index is 11.3. The molecule has 2 atom stereocenters. The van der Waals surface area contributed by atoms with Gasteiger partial charge in [-0.25, -0.2) is 4.79 Å². The maximum absolute atomic E-state index is 11.3. The quantitative estimate of drug-likeness (QED) is 0.709. The summed E-state index contributed by atoms with van der Waals surface area (Å²) in [4.78, 5) is 15.0. The number of nitrogens with zero attached hydrogens (tertiary/aromatic N) is 4. The van der Waals surface area contributed by atoms with Crippen LogP contribution in [0.5, 0.6) is 0 Å². The van der Waals surface area contributed by atoms with E-state index in [-0.39, 0.29) is 12.0 Å². The first-order valence-corrected chi connectivity index (χ1v) is 11.0. The van der Waals surface area contributed by atoms with Gasteiger partial charge in [0.05, 0.1) is 12.5 Å². The van der Waals surface area contributed by atoms with Crippen molar-refractivity contribution < 1.29 is 19.1 Å². The molecule has 2 fully saturated rings. The number of hydrogen-bond acceptors (Lipinski definition) is 7. The summed E-state index contributed by atoms with van der Waals surface area (Å²) in [6.07, 6.45) is 1.11. The van der Waals surface area contributed by atoms with Crippen LogP contribution in [0.15, 0.2) is 16.5 Å². The van der Waals surface area contributed by atoms with Gasteiger partial charge >= 0.3 is 12.1 Å². The van der Waals surface area contributed by atoms with E-state index in [4.69, 9.17) is 20.8 Å². The highest BCUT2D eigenvalue weighted by Gasteiger charge is 2.27. The molecule has 0 radical (unpaired) electrons. The fraction of sp³-hybridized carbons (Fsp3) is 0.571. The Labute approximate surface area is 186 Å². The Kier molecular flexibility index (Phi) is 6.64. The smallest absolute Gasteiger partial charge is 0.407 e. The fourth-order valence-electron chi connectivity index (χ4n) is 4.23. The van der Waals surface area contributed by atoms with Crippen molar-refractivity contribution in [2.24, 2.45) is 0 Å². The van der Waals surface area contributed by atoms with Crippen LogP contribution in [-0.2, 0) is 11.3 Å². The van der Waals surface area contributed by atoms with Crippen molar-refractivity contribution in [2.45, 2.75) is 45.2 Å². The van der Waals surface area contributed by atoms with E-state index in [0.29, 0.717) is 49.7 Å². The van der Waals surface area contributed by atoms with Crippen LogP contribution in [0.4, 0.5) is 16.5 Å². The minimum Gasteiger partial charge on any atom is -0.465 e. The van der Waals surface area contributed by atoms with E-state index in [1.807, 2.05) is 26.0 Å². The molecule has 1 aromatic heterocycles. The molecule has 1 amide bonds.